The molecule has 1 unspecified atom stereocenters. The SMILES string of the molecule is C=C[C@@H](O)C(C)[C@@H](C#CCC)[C@@H]1[C@@H]2[C@H](C[C@H]1O)OC(=CCCCC(=O)OC)C2(F)F. The number of methoxy groups -OCH3 is 1. The van der Waals surface area contributed by atoms with Gasteiger partial charge in [0.1, 0.15) is 6.10 Å². The highest BCUT2D eigenvalue weighted by molar-refractivity contribution is 5.69. The summed E-state index contributed by atoms with van der Waals surface area (Å²) in [5, 5.41) is 20.9. The first-order valence-corrected chi connectivity index (χ1v) is 10.5. The van der Waals surface area contributed by atoms with Crippen molar-refractivity contribution in [1.29, 1.82) is 0 Å². The molecule has 168 valence electrons. The predicted octanol–water partition coefficient (Wildman–Crippen LogP) is 3.46. The third-order valence-corrected chi connectivity index (χ3v) is 6.11. The number of rotatable bonds is 8. The van der Waals surface area contributed by atoms with Gasteiger partial charge in [0.15, 0.2) is 5.76 Å². The Hall–Kier alpha value is -1.91. The number of aliphatic hydroxyl groups excluding tert-OH is 2. The van der Waals surface area contributed by atoms with E-state index < -0.39 is 53.7 Å². The zero-order chi connectivity index (χ0) is 22.5. The van der Waals surface area contributed by atoms with Gasteiger partial charge in [-0.1, -0.05) is 25.8 Å². The van der Waals surface area contributed by atoms with Crippen LogP contribution in [0.15, 0.2) is 24.5 Å². The van der Waals surface area contributed by atoms with Crippen molar-refractivity contribution in [2.24, 2.45) is 23.7 Å². The van der Waals surface area contributed by atoms with Gasteiger partial charge in [-0.25, -0.2) is 0 Å². The number of unbranched alkanes of at least 4 members (excludes halogenated alkanes) is 1. The normalized spacial score (nSPS) is 31.1. The summed E-state index contributed by atoms with van der Waals surface area (Å²) < 4.78 is 40.8. The average Bonchev–Trinajstić information content (AvgIpc) is 3.17. The zero-order valence-electron chi connectivity index (χ0n) is 17.8. The molecule has 30 heavy (non-hydrogen) atoms. The van der Waals surface area contributed by atoms with E-state index in [1.165, 1.54) is 19.3 Å². The molecule has 2 rings (SSSR count). The Balaban J connectivity index is 2.26. The maximum Gasteiger partial charge on any atom is 0.310 e. The van der Waals surface area contributed by atoms with Gasteiger partial charge in [-0.05, 0) is 24.8 Å². The van der Waals surface area contributed by atoms with Crippen molar-refractivity contribution in [2.45, 2.75) is 70.2 Å². The fourth-order valence-electron chi connectivity index (χ4n) is 4.49. The molecule has 1 aliphatic carbocycles. The Morgan fingerprint density at radius 3 is 2.80 bits per heavy atom. The molecule has 0 radical (unpaired) electrons. The second-order valence-corrected chi connectivity index (χ2v) is 8.01. The van der Waals surface area contributed by atoms with Crippen molar-refractivity contribution in [3.63, 3.8) is 0 Å². The van der Waals surface area contributed by atoms with Gasteiger partial charge in [0.2, 0.25) is 0 Å². The van der Waals surface area contributed by atoms with Gasteiger partial charge >= 0.3 is 11.9 Å². The van der Waals surface area contributed by atoms with E-state index in [9.17, 15) is 15.0 Å². The van der Waals surface area contributed by atoms with E-state index in [2.05, 4.69) is 23.2 Å². The maximum atomic E-state index is 15.3. The van der Waals surface area contributed by atoms with Gasteiger partial charge in [0.05, 0.1) is 25.2 Å². The molecule has 2 N–H and O–H groups in total. The minimum Gasteiger partial charge on any atom is -0.488 e. The van der Waals surface area contributed by atoms with Crippen LogP contribution in [0.3, 0.4) is 0 Å². The van der Waals surface area contributed by atoms with E-state index in [-0.39, 0.29) is 25.2 Å². The van der Waals surface area contributed by atoms with Gasteiger partial charge in [0, 0.05) is 31.1 Å². The molecule has 1 heterocycles. The van der Waals surface area contributed by atoms with Gasteiger partial charge in [-0.3, -0.25) is 4.79 Å². The van der Waals surface area contributed by atoms with Crippen molar-refractivity contribution in [3.8, 4) is 11.8 Å². The number of esters is 1. The molecule has 0 amide bonds. The number of hydrogen-bond donors (Lipinski definition) is 2. The number of alkyl halides is 2. The smallest absolute Gasteiger partial charge is 0.310 e. The summed E-state index contributed by atoms with van der Waals surface area (Å²) in [5.41, 5.74) is 0. The Morgan fingerprint density at radius 2 is 2.20 bits per heavy atom. The highest BCUT2D eigenvalue weighted by atomic mass is 19.3. The van der Waals surface area contributed by atoms with Crippen LogP contribution in [-0.2, 0) is 14.3 Å². The van der Waals surface area contributed by atoms with Crippen LogP contribution in [0.4, 0.5) is 8.78 Å². The van der Waals surface area contributed by atoms with Gasteiger partial charge in [-0.15, -0.1) is 12.5 Å². The van der Waals surface area contributed by atoms with E-state index >= 15 is 8.78 Å². The largest absolute Gasteiger partial charge is 0.488 e. The fourth-order valence-corrected chi connectivity index (χ4v) is 4.49. The number of fused-ring (bicyclic) bond motifs is 1. The molecule has 1 saturated carbocycles. The van der Waals surface area contributed by atoms with Crippen molar-refractivity contribution in [1.82, 2.24) is 0 Å². The van der Waals surface area contributed by atoms with Crippen molar-refractivity contribution >= 4 is 5.97 Å². The molecule has 1 saturated heterocycles. The molecule has 7 atom stereocenters. The quantitative estimate of drug-likeness (QED) is 0.269. The third-order valence-electron chi connectivity index (χ3n) is 6.11. The maximum absolute atomic E-state index is 15.3. The Bertz CT molecular complexity index is 708. The lowest BCUT2D eigenvalue weighted by molar-refractivity contribution is -0.140. The van der Waals surface area contributed by atoms with Crippen LogP contribution in [0.5, 0.6) is 0 Å². The lowest BCUT2D eigenvalue weighted by Gasteiger charge is -2.34. The Morgan fingerprint density at radius 1 is 1.50 bits per heavy atom. The topological polar surface area (TPSA) is 76.0 Å². The van der Waals surface area contributed by atoms with Gasteiger partial charge in [0.25, 0.3) is 0 Å². The second kappa shape index (κ2) is 10.4. The summed E-state index contributed by atoms with van der Waals surface area (Å²) in [6, 6.07) is 0. The molecule has 2 fully saturated rings. The molecular formula is C23H32F2O5. The van der Waals surface area contributed by atoms with E-state index in [0.717, 1.165) is 0 Å². The van der Waals surface area contributed by atoms with Crippen molar-refractivity contribution < 1.29 is 33.3 Å². The molecule has 0 aromatic rings. The van der Waals surface area contributed by atoms with Gasteiger partial charge < -0.3 is 19.7 Å². The summed E-state index contributed by atoms with van der Waals surface area (Å²) >= 11 is 0. The van der Waals surface area contributed by atoms with Crippen LogP contribution >= 0.6 is 0 Å². The summed E-state index contributed by atoms with van der Waals surface area (Å²) in [6.45, 7) is 7.17. The molecule has 0 aromatic heterocycles. The monoisotopic (exact) mass is 426 g/mol. The number of carbonyl (C=O) groups excluding carboxylic acids is 1. The second-order valence-electron chi connectivity index (χ2n) is 8.01. The fraction of sp³-hybridized carbons (Fsp3) is 0.696. The molecule has 1 aliphatic heterocycles. The van der Waals surface area contributed by atoms with Crippen LogP contribution in [0.2, 0.25) is 0 Å². The minimum absolute atomic E-state index is 0.0889. The number of hydrogen-bond acceptors (Lipinski definition) is 5. The number of carbonyl (C=O) groups is 1. The van der Waals surface area contributed by atoms with Gasteiger partial charge in [-0.2, -0.15) is 8.78 Å². The summed E-state index contributed by atoms with van der Waals surface area (Å²) in [6.07, 6.45) is 1.38. The number of ether oxygens (including phenoxy) is 2. The number of halogens is 2. The highest BCUT2D eigenvalue weighted by Gasteiger charge is 2.65. The summed E-state index contributed by atoms with van der Waals surface area (Å²) in [7, 11) is 1.28. The first-order chi connectivity index (χ1) is 14.2. The molecule has 2 aliphatic rings. The first-order valence-electron chi connectivity index (χ1n) is 10.5. The summed E-state index contributed by atoms with van der Waals surface area (Å²) in [5.74, 6) is -1.27. The predicted molar refractivity (Wildman–Crippen MR) is 108 cm³/mol. The first kappa shape index (κ1) is 24.4. The summed E-state index contributed by atoms with van der Waals surface area (Å²) in [4.78, 5) is 11.2. The Kier molecular flexibility index (Phi) is 8.45. The van der Waals surface area contributed by atoms with E-state index in [1.807, 2.05) is 6.92 Å². The van der Waals surface area contributed by atoms with Crippen LogP contribution < -0.4 is 0 Å². The van der Waals surface area contributed by atoms with Crippen molar-refractivity contribution in [2.75, 3.05) is 7.11 Å². The van der Waals surface area contributed by atoms with Crippen LogP contribution in [0, 0.1) is 35.5 Å². The number of aliphatic hydroxyl groups is 2. The molecule has 0 bridgehead atoms. The van der Waals surface area contributed by atoms with Crippen LogP contribution in [-0.4, -0.2) is 47.5 Å². The molecule has 7 heteroatoms. The molecular weight excluding hydrogens is 394 g/mol. The molecule has 0 aromatic carbocycles. The average molecular weight is 427 g/mol. The van der Waals surface area contributed by atoms with E-state index in [0.29, 0.717) is 12.8 Å². The lowest BCUT2D eigenvalue weighted by Crippen LogP contribution is -2.41. The van der Waals surface area contributed by atoms with E-state index in [4.69, 9.17) is 4.74 Å². The molecule has 0 spiro atoms. The standard InChI is InChI=1S/C23H32F2O5/c1-5-7-10-15(14(3)16(26)6-2)21-17(27)13-18-22(21)23(24,25)19(30-18)11-8-9-12-20(28)29-4/h6,11,14-18,21-22,26-27H,2,5,8-9,12-13H2,1,3-4H3/t14?,15-,16-,17-,18+,21+,22+/m1/s1. The van der Waals surface area contributed by atoms with Crippen LogP contribution in [0.1, 0.15) is 46.0 Å². The van der Waals surface area contributed by atoms with E-state index in [1.54, 1.807) is 6.92 Å². The lowest BCUT2D eigenvalue weighted by atomic mass is 9.72. The zero-order valence-corrected chi connectivity index (χ0v) is 17.8. The van der Waals surface area contributed by atoms with Crippen LogP contribution in [0.25, 0.3) is 0 Å². The van der Waals surface area contributed by atoms with Crippen molar-refractivity contribution in [3.05, 3.63) is 24.5 Å². The Labute approximate surface area is 177 Å². The molecule has 5 nitrogen and oxygen atoms in total. The minimum atomic E-state index is -3.26. The third kappa shape index (κ3) is 5.04. The highest BCUT2D eigenvalue weighted by Crippen LogP contribution is 2.56. The number of allylic oxidation sites excluding steroid dienone is 2.